The molecular formula is C16H21BrN2O4. The van der Waals surface area contributed by atoms with E-state index in [0.29, 0.717) is 0 Å². The van der Waals surface area contributed by atoms with Crippen LogP contribution in [0.2, 0.25) is 0 Å². The molecule has 2 amide bonds. The van der Waals surface area contributed by atoms with Gasteiger partial charge in [0.15, 0.2) is 0 Å². The highest BCUT2D eigenvalue weighted by Crippen LogP contribution is 2.21. The zero-order valence-corrected chi connectivity index (χ0v) is 15.0. The fourth-order valence-corrected chi connectivity index (χ4v) is 2.45. The van der Waals surface area contributed by atoms with Gasteiger partial charge in [-0.05, 0) is 31.5 Å². The molecule has 0 heterocycles. The molecular weight excluding hydrogens is 364 g/mol. The van der Waals surface area contributed by atoms with Crippen LogP contribution in [0.3, 0.4) is 0 Å². The van der Waals surface area contributed by atoms with E-state index in [4.69, 9.17) is 5.11 Å². The van der Waals surface area contributed by atoms with Crippen molar-refractivity contribution in [2.75, 3.05) is 6.54 Å². The smallest absolute Gasteiger partial charge is 0.323 e. The number of hydrogen-bond donors (Lipinski definition) is 2. The lowest BCUT2D eigenvalue weighted by Crippen LogP contribution is -2.42. The van der Waals surface area contributed by atoms with E-state index < -0.39 is 12.0 Å². The number of halogens is 1. The summed E-state index contributed by atoms with van der Waals surface area (Å²) in [7, 11) is 0. The number of carboxylic acids is 1. The minimum absolute atomic E-state index is 0.00662. The van der Waals surface area contributed by atoms with E-state index in [1.165, 1.54) is 11.8 Å². The van der Waals surface area contributed by atoms with Gasteiger partial charge >= 0.3 is 5.97 Å². The Morgan fingerprint density at radius 2 is 1.78 bits per heavy atom. The molecule has 0 saturated heterocycles. The number of aliphatic carboxylic acids is 1. The number of amides is 2. The molecule has 2 N–H and O–H groups in total. The first-order chi connectivity index (χ1) is 10.7. The maximum absolute atomic E-state index is 12.5. The summed E-state index contributed by atoms with van der Waals surface area (Å²) in [6.07, 6.45) is 0.00662. The monoisotopic (exact) mass is 384 g/mol. The first kappa shape index (κ1) is 19.2. The fourth-order valence-electron chi connectivity index (χ4n) is 2.19. The van der Waals surface area contributed by atoms with Gasteiger partial charge in [-0.3, -0.25) is 14.4 Å². The number of hydrogen-bond acceptors (Lipinski definition) is 3. The lowest BCUT2D eigenvalue weighted by molar-refractivity contribution is -0.146. The highest BCUT2D eigenvalue weighted by Gasteiger charge is 2.24. The first-order valence-corrected chi connectivity index (χ1v) is 8.03. The molecule has 0 radical (unpaired) electrons. The summed E-state index contributed by atoms with van der Waals surface area (Å²) in [5.41, 5.74) is 0.788. The minimum Gasteiger partial charge on any atom is -0.480 e. The third kappa shape index (κ3) is 6.40. The Morgan fingerprint density at radius 1 is 1.22 bits per heavy atom. The van der Waals surface area contributed by atoms with Gasteiger partial charge in [-0.2, -0.15) is 0 Å². The zero-order valence-electron chi connectivity index (χ0n) is 13.4. The Balaban J connectivity index is 2.95. The molecule has 0 bridgehead atoms. The van der Waals surface area contributed by atoms with Crippen LogP contribution in [-0.4, -0.2) is 40.4 Å². The molecule has 23 heavy (non-hydrogen) atoms. The van der Waals surface area contributed by atoms with Crippen LogP contribution in [0.4, 0.5) is 0 Å². The quantitative estimate of drug-likeness (QED) is 0.755. The average Bonchev–Trinajstić information content (AvgIpc) is 2.43. The highest BCUT2D eigenvalue weighted by molar-refractivity contribution is 9.10. The standard InChI is InChI=1S/C16H21BrN2O4/c1-10(2)19(9-16(22)23)15(21)8-14(18-11(3)20)12-4-6-13(17)7-5-12/h4-7,10,14H,8-9H2,1-3H3,(H,18,20)(H,22,23). The van der Waals surface area contributed by atoms with Gasteiger partial charge in [0.05, 0.1) is 12.5 Å². The zero-order chi connectivity index (χ0) is 17.6. The summed E-state index contributed by atoms with van der Waals surface area (Å²) in [6, 6.07) is 6.55. The molecule has 0 aliphatic rings. The fraction of sp³-hybridized carbons (Fsp3) is 0.438. The van der Waals surface area contributed by atoms with Crippen molar-refractivity contribution in [3.8, 4) is 0 Å². The third-order valence-electron chi connectivity index (χ3n) is 3.28. The molecule has 0 fully saturated rings. The van der Waals surface area contributed by atoms with Crippen LogP contribution in [0.15, 0.2) is 28.7 Å². The van der Waals surface area contributed by atoms with Crippen LogP contribution in [0, 0.1) is 0 Å². The first-order valence-electron chi connectivity index (χ1n) is 7.24. The van der Waals surface area contributed by atoms with Crippen LogP contribution >= 0.6 is 15.9 Å². The largest absolute Gasteiger partial charge is 0.480 e. The SMILES string of the molecule is CC(=O)NC(CC(=O)N(CC(=O)O)C(C)C)c1ccc(Br)cc1. The number of carbonyl (C=O) groups is 3. The van der Waals surface area contributed by atoms with Crippen molar-refractivity contribution in [2.45, 2.75) is 39.3 Å². The Morgan fingerprint density at radius 3 is 2.22 bits per heavy atom. The Hall–Kier alpha value is -1.89. The van der Waals surface area contributed by atoms with Crippen LogP contribution < -0.4 is 5.32 Å². The molecule has 0 saturated carbocycles. The summed E-state index contributed by atoms with van der Waals surface area (Å²) in [5, 5.41) is 11.7. The van der Waals surface area contributed by atoms with Crippen LogP contribution in [0.1, 0.15) is 38.8 Å². The van der Waals surface area contributed by atoms with Gasteiger partial charge in [0.2, 0.25) is 11.8 Å². The molecule has 7 heteroatoms. The molecule has 0 aromatic heterocycles. The molecule has 0 aliphatic heterocycles. The van der Waals surface area contributed by atoms with Crippen molar-refractivity contribution < 1.29 is 19.5 Å². The number of carboxylic acid groups (broad SMARTS) is 1. The van der Waals surface area contributed by atoms with E-state index in [-0.39, 0.29) is 30.8 Å². The van der Waals surface area contributed by atoms with Gasteiger partial charge in [0.1, 0.15) is 6.54 Å². The molecule has 1 aromatic carbocycles. The number of benzene rings is 1. The summed E-state index contributed by atoms with van der Waals surface area (Å²) in [5.74, 6) is -1.63. The van der Waals surface area contributed by atoms with E-state index in [1.54, 1.807) is 13.8 Å². The van der Waals surface area contributed by atoms with E-state index in [2.05, 4.69) is 21.2 Å². The topological polar surface area (TPSA) is 86.7 Å². The molecule has 0 aliphatic carbocycles. The van der Waals surface area contributed by atoms with Crippen LogP contribution in [0.5, 0.6) is 0 Å². The summed E-state index contributed by atoms with van der Waals surface area (Å²) in [4.78, 5) is 36.1. The van der Waals surface area contributed by atoms with Gasteiger partial charge in [0.25, 0.3) is 0 Å². The molecule has 1 rings (SSSR count). The Bertz CT molecular complexity index is 572. The molecule has 1 atom stereocenters. The van der Waals surface area contributed by atoms with Crippen LogP contribution in [-0.2, 0) is 14.4 Å². The molecule has 0 spiro atoms. The van der Waals surface area contributed by atoms with E-state index >= 15 is 0 Å². The second-order valence-electron chi connectivity index (χ2n) is 5.52. The van der Waals surface area contributed by atoms with E-state index in [1.807, 2.05) is 24.3 Å². The average molecular weight is 385 g/mol. The van der Waals surface area contributed by atoms with Crippen molar-refractivity contribution in [2.24, 2.45) is 0 Å². The van der Waals surface area contributed by atoms with E-state index in [9.17, 15) is 14.4 Å². The van der Waals surface area contributed by atoms with Gasteiger partial charge in [-0.1, -0.05) is 28.1 Å². The summed E-state index contributed by atoms with van der Waals surface area (Å²) >= 11 is 3.34. The second kappa shape index (κ2) is 8.67. The number of nitrogens with zero attached hydrogens (tertiary/aromatic N) is 1. The van der Waals surface area contributed by atoms with Crippen molar-refractivity contribution in [1.82, 2.24) is 10.2 Å². The van der Waals surface area contributed by atoms with E-state index in [0.717, 1.165) is 10.0 Å². The van der Waals surface area contributed by atoms with Crippen molar-refractivity contribution in [1.29, 1.82) is 0 Å². The number of carbonyl (C=O) groups excluding carboxylic acids is 2. The van der Waals surface area contributed by atoms with Crippen molar-refractivity contribution in [3.63, 3.8) is 0 Å². The van der Waals surface area contributed by atoms with Gasteiger partial charge in [-0.15, -0.1) is 0 Å². The predicted molar refractivity (Wildman–Crippen MR) is 89.8 cm³/mol. The van der Waals surface area contributed by atoms with Crippen molar-refractivity contribution >= 4 is 33.7 Å². The Kier molecular flexibility index (Phi) is 7.22. The maximum atomic E-state index is 12.5. The van der Waals surface area contributed by atoms with Gasteiger partial charge in [0, 0.05) is 17.4 Å². The number of rotatable bonds is 7. The van der Waals surface area contributed by atoms with Gasteiger partial charge in [-0.25, -0.2) is 0 Å². The molecule has 1 aromatic rings. The lowest BCUT2D eigenvalue weighted by Gasteiger charge is -2.27. The predicted octanol–water partition coefficient (Wildman–Crippen LogP) is 2.34. The number of nitrogens with one attached hydrogen (secondary N) is 1. The lowest BCUT2D eigenvalue weighted by atomic mass is 10.0. The summed E-state index contributed by atoms with van der Waals surface area (Å²) < 4.78 is 0.892. The van der Waals surface area contributed by atoms with Gasteiger partial charge < -0.3 is 15.3 Å². The highest BCUT2D eigenvalue weighted by atomic mass is 79.9. The molecule has 126 valence electrons. The second-order valence-corrected chi connectivity index (χ2v) is 6.43. The van der Waals surface area contributed by atoms with Crippen molar-refractivity contribution in [3.05, 3.63) is 34.3 Å². The molecule has 1 unspecified atom stereocenters. The third-order valence-corrected chi connectivity index (χ3v) is 3.81. The Labute approximate surface area is 144 Å². The van der Waals surface area contributed by atoms with Crippen LogP contribution in [0.25, 0.3) is 0 Å². The summed E-state index contributed by atoms with van der Waals surface area (Å²) in [6.45, 7) is 4.54. The normalized spacial score (nSPS) is 11.9. The molecule has 6 nitrogen and oxygen atoms in total. The minimum atomic E-state index is -1.06. The maximum Gasteiger partial charge on any atom is 0.323 e.